The minimum atomic E-state index is -4.50. The molecule has 0 aliphatic carbocycles. The van der Waals surface area contributed by atoms with Crippen molar-refractivity contribution in [2.75, 3.05) is 18.8 Å². The number of halogens is 3. The number of hydrogen-bond donors (Lipinski definition) is 3. The normalized spacial score (nSPS) is 14.3. The van der Waals surface area contributed by atoms with Gasteiger partial charge in [0.15, 0.2) is 0 Å². The largest absolute Gasteiger partial charge is 0.392 e. The fraction of sp³-hybridized carbons (Fsp3) is 0.875. The third-order valence-electron chi connectivity index (χ3n) is 2.12. The van der Waals surface area contributed by atoms with Gasteiger partial charge in [0.1, 0.15) is 0 Å². The Hall–Kier alpha value is -0.870. The van der Waals surface area contributed by atoms with Gasteiger partial charge in [-0.1, -0.05) is 0 Å². The molecule has 0 rings (SSSR count). The van der Waals surface area contributed by atoms with Crippen LogP contribution >= 0.6 is 0 Å². The number of carbonyl (C=O) groups excluding carboxylic acids is 1. The van der Waals surface area contributed by atoms with Crippen molar-refractivity contribution in [2.24, 2.45) is 16.8 Å². The maximum Gasteiger partial charge on any atom is 0.392 e. The van der Waals surface area contributed by atoms with E-state index in [0.29, 0.717) is 0 Å². The fourth-order valence-electron chi connectivity index (χ4n) is 1.21. The van der Waals surface area contributed by atoms with Gasteiger partial charge in [-0.3, -0.25) is 4.79 Å². The van der Waals surface area contributed by atoms with E-state index in [1.807, 2.05) is 0 Å². The second kappa shape index (κ2) is 6.90. The summed E-state index contributed by atoms with van der Waals surface area (Å²) in [4.78, 5) is 11.2. The van der Waals surface area contributed by atoms with Crippen LogP contribution in [0.15, 0.2) is 0 Å². The number of alkyl halides is 3. The number of rotatable bonds is 7. The molecule has 0 bridgehead atoms. The molecular formula is C8H16F3N3O3S. The van der Waals surface area contributed by atoms with Crippen LogP contribution in [0.25, 0.3) is 0 Å². The topological polar surface area (TPSA) is 115 Å². The van der Waals surface area contributed by atoms with Crippen LogP contribution in [0.4, 0.5) is 13.2 Å². The molecule has 0 saturated heterocycles. The Labute approximate surface area is 103 Å². The van der Waals surface area contributed by atoms with E-state index in [1.165, 1.54) is 0 Å². The summed E-state index contributed by atoms with van der Waals surface area (Å²) in [6.45, 7) is -0.500. The van der Waals surface area contributed by atoms with Gasteiger partial charge in [0.25, 0.3) is 0 Å². The predicted molar refractivity (Wildman–Crippen MR) is 58.8 cm³/mol. The zero-order valence-electron chi connectivity index (χ0n) is 9.53. The lowest BCUT2D eigenvalue weighted by Crippen LogP contribution is -2.35. The van der Waals surface area contributed by atoms with Crippen molar-refractivity contribution in [1.29, 1.82) is 0 Å². The Morgan fingerprint density at radius 1 is 1.33 bits per heavy atom. The Morgan fingerprint density at radius 3 is 2.28 bits per heavy atom. The smallest absolute Gasteiger partial charge is 0.355 e. The Kier molecular flexibility index (Phi) is 6.57. The third kappa shape index (κ3) is 8.25. The van der Waals surface area contributed by atoms with Crippen molar-refractivity contribution < 1.29 is 26.4 Å². The van der Waals surface area contributed by atoms with E-state index in [0.717, 1.165) is 0 Å². The molecule has 18 heavy (non-hydrogen) atoms. The van der Waals surface area contributed by atoms with Crippen molar-refractivity contribution in [3.63, 3.8) is 0 Å². The molecule has 0 aliphatic rings. The molecular weight excluding hydrogens is 275 g/mol. The molecule has 0 aromatic rings. The van der Waals surface area contributed by atoms with E-state index < -0.39 is 40.2 Å². The second-order valence-corrected chi connectivity index (χ2v) is 5.47. The molecule has 5 N–H and O–H groups in total. The Morgan fingerprint density at radius 2 is 1.89 bits per heavy atom. The molecule has 0 fully saturated rings. The zero-order chi connectivity index (χ0) is 14.4. The van der Waals surface area contributed by atoms with E-state index >= 15 is 0 Å². The van der Waals surface area contributed by atoms with Gasteiger partial charge < -0.3 is 11.1 Å². The monoisotopic (exact) mass is 291 g/mol. The maximum absolute atomic E-state index is 12.4. The van der Waals surface area contributed by atoms with Gasteiger partial charge in [-0.2, -0.15) is 13.2 Å². The van der Waals surface area contributed by atoms with Crippen molar-refractivity contribution in [2.45, 2.75) is 19.0 Å². The lowest BCUT2D eigenvalue weighted by atomic mass is 10.0. The van der Waals surface area contributed by atoms with E-state index in [-0.39, 0.29) is 19.5 Å². The van der Waals surface area contributed by atoms with E-state index in [9.17, 15) is 26.4 Å². The molecule has 0 heterocycles. The molecule has 1 atom stereocenters. The highest BCUT2D eigenvalue weighted by Crippen LogP contribution is 2.30. The van der Waals surface area contributed by atoms with Gasteiger partial charge in [0.05, 0.1) is 11.7 Å². The molecule has 0 aromatic carbocycles. The highest BCUT2D eigenvalue weighted by Gasteiger charge is 2.39. The summed E-state index contributed by atoms with van der Waals surface area (Å²) in [6, 6.07) is 0. The number of amides is 1. The summed E-state index contributed by atoms with van der Waals surface area (Å²) in [5.41, 5.74) is 5.03. The summed E-state index contributed by atoms with van der Waals surface area (Å²) >= 11 is 0. The number of nitrogens with two attached hydrogens (primary N) is 2. The average molecular weight is 291 g/mol. The van der Waals surface area contributed by atoms with Crippen LogP contribution in [0.1, 0.15) is 12.8 Å². The first-order valence-corrected chi connectivity index (χ1v) is 6.81. The summed E-state index contributed by atoms with van der Waals surface area (Å²) in [5.74, 6) is -3.22. The first kappa shape index (κ1) is 17.1. The second-order valence-electron chi connectivity index (χ2n) is 3.74. The number of hydrogen-bond acceptors (Lipinski definition) is 4. The number of nitrogens with one attached hydrogen (secondary N) is 1. The highest BCUT2D eigenvalue weighted by atomic mass is 32.2. The standard InChI is InChI=1S/C8H16F3N3O3S/c9-8(10,11)6(1-2-12)5-7(15)14-3-4-18(13,16)17/h6H,1-5,12H2,(H,14,15)(H2,13,16,17). The predicted octanol–water partition coefficient (Wildman–Crippen LogP) is -0.691. The van der Waals surface area contributed by atoms with Crippen LogP contribution in [-0.4, -0.2) is 39.3 Å². The van der Waals surface area contributed by atoms with E-state index in [2.05, 4.69) is 10.5 Å². The first-order chi connectivity index (χ1) is 8.06. The molecule has 10 heteroatoms. The van der Waals surface area contributed by atoms with E-state index in [4.69, 9.17) is 5.73 Å². The molecule has 0 aliphatic heterocycles. The molecule has 0 spiro atoms. The van der Waals surface area contributed by atoms with Gasteiger partial charge in [0.2, 0.25) is 15.9 Å². The lowest BCUT2D eigenvalue weighted by molar-refractivity contribution is -0.180. The Bertz CT molecular complexity index is 370. The minimum Gasteiger partial charge on any atom is -0.355 e. The molecule has 1 unspecified atom stereocenters. The van der Waals surface area contributed by atoms with Crippen LogP contribution in [0.2, 0.25) is 0 Å². The summed E-state index contributed by atoms with van der Waals surface area (Å²) in [5, 5.41) is 6.73. The Balaban J connectivity index is 4.19. The van der Waals surface area contributed by atoms with Crippen molar-refractivity contribution >= 4 is 15.9 Å². The fourth-order valence-corrected chi connectivity index (χ4v) is 1.60. The highest BCUT2D eigenvalue weighted by molar-refractivity contribution is 7.89. The maximum atomic E-state index is 12.4. The van der Waals surface area contributed by atoms with E-state index in [1.54, 1.807) is 0 Å². The van der Waals surface area contributed by atoms with Gasteiger partial charge >= 0.3 is 6.18 Å². The minimum absolute atomic E-state index is 0.186. The summed E-state index contributed by atoms with van der Waals surface area (Å²) < 4.78 is 58.3. The lowest BCUT2D eigenvalue weighted by Gasteiger charge is -2.18. The number of sulfonamides is 1. The van der Waals surface area contributed by atoms with Crippen LogP contribution in [0.3, 0.4) is 0 Å². The molecule has 108 valence electrons. The SMILES string of the molecule is NCCC(CC(=O)NCCS(N)(=O)=O)C(F)(F)F. The third-order valence-corrected chi connectivity index (χ3v) is 2.89. The average Bonchev–Trinajstić information content (AvgIpc) is 2.13. The van der Waals surface area contributed by atoms with Gasteiger partial charge in [-0.25, -0.2) is 13.6 Å². The molecule has 0 radical (unpaired) electrons. The van der Waals surface area contributed by atoms with Crippen LogP contribution in [-0.2, 0) is 14.8 Å². The molecule has 0 aromatic heterocycles. The van der Waals surface area contributed by atoms with Crippen LogP contribution < -0.4 is 16.2 Å². The van der Waals surface area contributed by atoms with Crippen molar-refractivity contribution in [3.05, 3.63) is 0 Å². The van der Waals surface area contributed by atoms with Gasteiger partial charge in [-0.15, -0.1) is 0 Å². The summed E-state index contributed by atoms with van der Waals surface area (Å²) in [6.07, 6.45) is -5.63. The number of primary sulfonamides is 1. The first-order valence-electron chi connectivity index (χ1n) is 5.10. The zero-order valence-corrected chi connectivity index (χ0v) is 10.4. The van der Waals surface area contributed by atoms with Crippen molar-refractivity contribution in [3.8, 4) is 0 Å². The van der Waals surface area contributed by atoms with Gasteiger partial charge in [0, 0.05) is 13.0 Å². The summed E-state index contributed by atoms with van der Waals surface area (Å²) in [7, 11) is -3.74. The molecule has 1 amide bonds. The van der Waals surface area contributed by atoms with Crippen LogP contribution in [0, 0.1) is 5.92 Å². The molecule has 6 nitrogen and oxygen atoms in total. The quantitative estimate of drug-likeness (QED) is 0.575. The van der Waals surface area contributed by atoms with Crippen molar-refractivity contribution in [1.82, 2.24) is 5.32 Å². The number of carbonyl (C=O) groups is 1. The van der Waals surface area contributed by atoms with Gasteiger partial charge in [-0.05, 0) is 13.0 Å². The van der Waals surface area contributed by atoms with Crippen LogP contribution in [0.5, 0.6) is 0 Å². The molecule has 0 saturated carbocycles.